The molecule has 0 aliphatic rings. The minimum atomic E-state index is 0.136. The third-order valence-electron chi connectivity index (χ3n) is 1.84. The zero-order chi connectivity index (χ0) is 9.42. The van der Waals surface area contributed by atoms with Crippen molar-refractivity contribution >= 4 is 66.6 Å². The Balaban J connectivity index is 2.82. The maximum absolute atomic E-state index is 9.12. The molecule has 1 nitrogen and oxygen atoms in total. The molecule has 2 aromatic rings. The third kappa shape index (κ3) is 1.86. The molecule has 1 N–H and O–H groups in total. The highest BCUT2D eigenvalue weighted by molar-refractivity contribution is 14.1. The van der Waals surface area contributed by atoms with Crippen molar-refractivity contribution in [1.82, 2.24) is 0 Å². The first-order valence-electron chi connectivity index (χ1n) is 3.68. The van der Waals surface area contributed by atoms with E-state index in [0.717, 1.165) is 5.56 Å². The molecule has 0 atom stereocenters. The summed E-state index contributed by atoms with van der Waals surface area (Å²) < 4.78 is 3.74. The van der Waals surface area contributed by atoms with Crippen molar-refractivity contribution in [2.75, 3.05) is 0 Å². The van der Waals surface area contributed by atoms with Crippen LogP contribution in [-0.4, -0.2) is 5.11 Å². The van der Waals surface area contributed by atoms with Crippen LogP contribution in [-0.2, 0) is 6.61 Å². The van der Waals surface area contributed by atoms with Crippen LogP contribution in [0.4, 0.5) is 0 Å². The molecule has 0 saturated heterocycles. The van der Waals surface area contributed by atoms with Crippen molar-refractivity contribution in [3.63, 3.8) is 0 Å². The number of hydrogen-bond acceptors (Lipinski definition) is 2. The minimum Gasteiger partial charge on any atom is -0.392 e. The lowest BCUT2D eigenvalue weighted by Gasteiger charge is -1.98. The molecule has 1 aromatic carbocycles. The second kappa shape index (κ2) is 4.00. The van der Waals surface area contributed by atoms with Crippen LogP contribution in [0.15, 0.2) is 17.5 Å². The molecule has 4 heteroatoms. The number of hydrogen-bond donors (Lipinski definition) is 1. The highest BCUT2D eigenvalue weighted by Crippen LogP contribution is 2.31. The van der Waals surface area contributed by atoms with Gasteiger partial charge in [-0.15, -0.1) is 11.3 Å². The minimum absolute atomic E-state index is 0.136. The Kier molecular flexibility index (Phi) is 3.11. The molecule has 0 unspecified atom stereocenters. The van der Waals surface area contributed by atoms with Crippen LogP contribution < -0.4 is 0 Å². The Morgan fingerprint density at radius 3 is 2.77 bits per heavy atom. The molecule has 0 aliphatic heterocycles. The number of aliphatic hydroxyl groups excluding tert-OH is 1. The predicted octanol–water partition coefficient (Wildman–Crippen LogP) is 3.60. The van der Waals surface area contributed by atoms with E-state index in [9.17, 15) is 0 Å². The molecule has 68 valence electrons. The molecule has 0 amide bonds. The van der Waals surface area contributed by atoms with Gasteiger partial charge >= 0.3 is 0 Å². The molecular weight excluding hydrogens is 410 g/mol. The molecule has 0 saturated carbocycles. The lowest BCUT2D eigenvalue weighted by molar-refractivity contribution is 0.284. The van der Waals surface area contributed by atoms with E-state index < -0.39 is 0 Å². The number of thiophene rings is 1. The second-order valence-electron chi connectivity index (χ2n) is 2.68. The summed E-state index contributed by atoms with van der Waals surface area (Å²) in [5.41, 5.74) is 1.04. The fourth-order valence-corrected chi connectivity index (χ4v) is 4.87. The Labute approximate surface area is 107 Å². The summed E-state index contributed by atoms with van der Waals surface area (Å²) in [6.45, 7) is 0.136. The monoisotopic (exact) mass is 416 g/mol. The van der Waals surface area contributed by atoms with Gasteiger partial charge in [-0.05, 0) is 68.3 Å². The smallest absolute Gasteiger partial charge is 0.0696 e. The summed E-state index contributed by atoms with van der Waals surface area (Å²) in [5, 5.41) is 12.4. The van der Waals surface area contributed by atoms with Crippen molar-refractivity contribution in [1.29, 1.82) is 0 Å². The van der Waals surface area contributed by atoms with Crippen LogP contribution in [0, 0.1) is 7.14 Å². The van der Waals surface area contributed by atoms with Gasteiger partial charge in [-0.3, -0.25) is 0 Å². The Morgan fingerprint density at radius 2 is 2.08 bits per heavy atom. The summed E-state index contributed by atoms with van der Waals surface area (Å²) in [6.07, 6.45) is 0. The van der Waals surface area contributed by atoms with Crippen molar-refractivity contribution in [3.05, 3.63) is 30.2 Å². The summed E-state index contributed by atoms with van der Waals surface area (Å²) in [5.74, 6) is 0. The van der Waals surface area contributed by atoms with Crippen LogP contribution in [0.25, 0.3) is 10.1 Å². The van der Waals surface area contributed by atoms with Crippen LogP contribution in [0.2, 0.25) is 0 Å². The number of aliphatic hydroxyl groups is 1. The normalized spacial score (nSPS) is 11.0. The Morgan fingerprint density at radius 1 is 1.31 bits per heavy atom. The van der Waals surface area contributed by atoms with Crippen LogP contribution in [0.1, 0.15) is 5.56 Å². The molecule has 0 bridgehead atoms. The topological polar surface area (TPSA) is 20.2 Å². The van der Waals surface area contributed by atoms with Gasteiger partial charge in [0.2, 0.25) is 0 Å². The van der Waals surface area contributed by atoms with Crippen molar-refractivity contribution < 1.29 is 5.11 Å². The summed E-state index contributed by atoms with van der Waals surface area (Å²) in [6, 6.07) is 4.29. The van der Waals surface area contributed by atoms with Gasteiger partial charge in [0.15, 0.2) is 0 Å². The lowest BCUT2D eigenvalue weighted by atomic mass is 10.2. The number of rotatable bonds is 1. The first kappa shape index (κ1) is 10.1. The molecule has 1 heterocycles. The zero-order valence-corrected chi connectivity index (χ0v) is 11.7. The molecule has 0 spiro atoms. The van der Waals surface area contributed by atoms with Crippen LogP contribution in [0.3, 0.4) is 0 Å². The van der Waals surface area contributed by atoms with Gasteiger partial charge < -0.3 is 5.11 Å². The summed E-state index contributed by atoms with van der Waals surface area (Å²) in [4.78, 5) is 0. The highest BCUT2D eigenvalue weighted by atomic mass is 127. The zero-order valence-electron chi connectivity index (χ0n) is 6.55. The van der Waals surface area contributed by atoms with E-state index in [-0.39, 0.29) is 6.61 Å². The fraction of sp³-hybridized carbons (Fsp3) is 0.111. The van der Waals surface area contributed by atoms with Crippen molar-refractivity contribution in [3.8, 4) is 0 Å². The van der Waals surface area contributed by atoms with Crippen molar-refractivity contribution in [2.24, 2.45) is 0 Å². The number of benzene rings is 1. The largest absolute Gasteiger partial charge is 0.392 e. The molecule has 2 rings (SSSR count). The maximum atomic E-state index is 9.12. The lowest BCUT2D eigenvalue weighted by Crippen LogP contribution is -1.83. The molecular formula is C9H6I2OS. The van der Waals surface area contributed by atoms with E-state index in [0.29, 0.717) is 0 Å². The second-order valence-corrected chi connectivity index (χ2v) is 6.00. The quantitative estimate of drug-likeness (QED) is 0.705. The van der Waals surface area contributed by atoms with Crippen molar-refractivity contribution in [2.45, 2.75) is 6.61 Å². The Bertz CT molecular complexity index is 450. The van der Waals surface area contributed by atoms with Gasteiger partial charge in [-0.2, -0.15) is 0 Å². The summed E-state index contributed by atoms with van der Waals surface area (Å²) >= 11 is 6.33. The van der Waals surface area contributed by atoms with E-state index in [2.05, 4.69) is 57.3 Å². The van der Waals surface area contributed by atoms with Gasteiger partial charge in [-0.25, -0.2) is 0 Å². The molecule has 13 heavy (non-hydrogen) atoms. The Hall–Kier alpha value is 0.600. The number of halogens is 2. The van der Waals surface area contributed by atoms with E-state index >= 15 is 0 Å². The summed E-state index contributed by atoms with van der Waals surface area (Å²) in [7, 11) is 0. The molecule has 0 fully saturated rings. The highest BCUT2D eigenvalue weighted by Gasteiger charge is 2.07. The standard InChI is InChI=1S/C9H6I2OS/c10-6-1-7(11)9-5(3-12)4-13-8(9)2-6/h1-2,4,12H,3H2. The third-order valence-corrected chi connectivity index (χ3v) is 4.29. The molecule has 0 radical (unpaired) electrons. The van der Waals surface area contributed by atoms with E-state index in [4.69, 9.17) is 5.11 Å². The van der Waals surface area contributed by atoms with E-state index in [1.165, 1.54) is 17.2 Å². The van der Waals surface area contributed by atoms with Gasteiger partial charge in [-0.1, -0.05) is 0 Å². The van der Waals surface area contributed by atoms with Gasteiger partial charge in [0.25, 0.3) is 0 Å². The average Bonchev–Trinajstić information content (AvgIpc) is 2.47. The average molecular weight is 416 g/mol. The van der Waals surface area contributed by atoms with Crippen LogP contribution in [0.5, 0.6) is 0 Å². The van der Waals surface area contributed by atoms with Crippen LogP contribution >= 0.6 is 56.5 Å². The van der Waals surface area contributed by atoms with Gasteiger partial charge in [0.05, 0.1) is 6.61 Å². The maximum Gasteiger partial charge on any atom is 0.0696 e. The van der Waals surface area contributed by atoms with Gasteiger partial charge in [0.1, 0.15) is 0 Å². The first-order valence-corrected chi connectivity index (χ1v) is 6.72. The SMILES string of the molecule is OCc1csc2cc(I)cc(I)c12. The fourth-order valence-electron chi connectivity index (χ4n) is 1.26. The predicted molar refractivity (Wildman–Crippen MR) is 73.2 cm³/mol. The molecule has 0 aliphatic carbocycles. The van der Waals surface area contributed by atoms with Gasteiger partial charge in [0, 0.05) is 17.2 Å². The first-order chi connectivity index (χ1) is 6.22. The number of fused-ring (bicyclic) bond motifs is 1. The van der Waals surface area contributed by atoms with E-state index in [1.807, 2.05) is 5.38 Å². The molecule has 1 aromatic heterocycles. The van der Waals surface area contributed by atoms with E-state index in [1.54, 1.807) is 11.3 Å².